The first-order valence-electron chi connectivity index (χ1n) is 6.64. The molecule has 1 saturated carbocycles. The lowest BCUT2D eigenvalue weighted by Crippen LogP contribution is -2.46. The van der Waals surface area contributed by atoms with Crippen LogP contribution in [0.15, 0.2) is 0 Å². The standard InChI is InChI=1S/C13H23NO5/c1-3-8-4-9(10(5-8)12(17)18)11(16)14-6-13(2,19)7-15/h8-10,15,19H,3-7H2,1-2H3,(H,14,16)(H,17,18)/t8?,9-,10+,13?/m0/s1. The third-order valence-electron chi connectivity index (χ3n) is 3.88. The predicted molar refractivity (Wildman–Crippen MR) is 68.4 cm³/mol. The molecule has 1 fully saturated rings. The first-order chi connectivity index (χ1) is 8.80. The highest BCUT2D eigenvalue weighted by atomic mass is 16.4. The molecule has 0 spiro atoms. The van der Waals surface area contributed by atoms with Crippen molar-refractivity contribution in [1.29, 1.82) is 0 Å². The Balaban J connectivity index is 2.62. The molecule has 2 unspecified atom stereocenters. The van der Waals surface area contributed by atoms with Crippen molar-refractivity contribution in [3.05, 3.63) is 0 Å². The Kier molecular flexibility index (Phi) is 5.31. The number of hydrogen-bond acceptors (Lipinski definition) is 4. The van der Waals surface area contributed by atoms with Gasteiger partial charge < -0.3 is 20.6 Å². The SMILES string of the molecule is CCC1C[C@H](C(=O)NCC(C)(O)CO)[C@H](C(=O)O)C1. The number of rotatable bonds is 6. The second-order valence-electron chi connectivity index (χ2n) is 5.67. The molecule has 0 aliphatic heterocycles. The molecule has 1 amide bonds. The van der Waals surface area contributed by atoms with E-state index in [0.717, 1.165) is 6.42 Å². The van der Waals surface area contributed by atoms with Gasteiger partial charge in [0.25, 0.3) is 0 Å². The van der Waals surface area contributed by atoms with Gasteiger partial charge in [-0.2, -0.15) is 0 Å². The lowest BCUT2D eigenvalue weighted by Gasteiger charge is -2.23. The lowest BCUT2D eigenvalue weighted by molar-refractivity contribution is -0.146. The first-order valence-corrected chi connectivity index (χ1v) is 6.64. The van der Waals surface area contributed by atoms with Crippen molar-refractivity contribution < 1.29 is 24.9 Å². The molecule has 0 bridgehead atoms. The summed E-state index contributed by atoms with van der Waals surface area (Å²) in [5.41, 5.74) is -1.38. The molecule has 0 saturated heterocycles. The summed E-state index contributed by atoms with van der Waals surface area (Å²) in [6.07, 6.45) is 1.96. The van der Waals surface area contributed by atoms with E-state index in [1.807, 2.05) is 6.92 Å². The summed E-state index contributed by atoms with van der Waals surface area (Å²) in [7, 11) is 0. The van der Waals surface area contributed by atoms with Gasteiger partial charge in [0.2, 0.25) is 5.91 Å². The van der Waals surface area contributed by atoms with Crippen molar-refractivity contribution in [3.63, 3.8) is 0 Å². The fraction of sp³-hybridized carbons (Fsp3) is 0.846. The number of aliphatic hydroxyl groups excluding tert-OH is 1. The number of hydrogen-bond donors (Lipinski definition) is 4. The zero-order valence-corrected chi connectivity index (χ0v) is 11.4. The summed E-state index contributed by atoms with van der Waals surface area (Å²) in [4.78, 5) is 23.2. The van der Waals surface area contributed by atoms with E-state index < -0.39 is 30.0 Å². The molecule has 6 nitrogen and oxygen atoms in total. The molecule has 19 heavy (non-hydrogen) atoms. The van der Waals surface area contributed by atoms with Crippen LogP contribution in [0.4, 0.5) is 0 Å². The number of carbonyl (C=O) groups excluding carboxylic acids is 1. The van der Waals surface area contributed by atoms with Crippen molar-refractivity contribution in [2.45, 2.75) is 38.7 Å². The van der Waals surface area contributed by atoms with Crippen LogP contribution in [0, 0.1) is 17.8 Å². The van der Waals surface area contributed by atoms with Crippen LogP contribution in [0.1, 0.15) is 33.1 Å². The number of aliphatic carboxylic acids is 1. The van der Waals surface area contributed by atoms with Gasteiger partial charge in [0.05, 0.1) is 18.4 Å². The lowest BCUT2D eigenvalue weighted by atomic mass is 9.95. The molecule has 0 aromatic carbocycles. The summed E-state index contributed by atoms with van der Waals surface area (Å²) < 4.78 is 0. The van der Waals surface area contributed by atoms with Gasteiger partial charge in [-0.05, 0) is 25.7 Å². The number of aliphatic hydroxyl groups is 2. The Hall–Kier alpha value is -1.14. The quantitative estimate of drug-likeness (QED) is 0.544. The predicted octanol–water partition coefficient (Wildman–Crippen LogP) is -0.0171. The highest BCUT2D eigenvalue weighted by Gasteiger charge is 2.42. The summed E-state index contributed by atoms with van der Waals surface area (Å²) in [5.74, 6) is -2.22. The average molecular weight is 273 g/mol. The highest BCUT2D eigenvalue weighted by molar-refractivity contribution is 5.85. The fourth-order valence-electron chi connectivity index (χ4n) is 2.50. The van der Waals surface area contributed by atoms with Gasteiger partial charge in [0.1, 0.15) is 5.60 Å². The van der Waals surface area contributed by atoms with Crippen molar-refractivity contribution in [3.8, 4) is 0 Å². The third-order valence-corrected chi connectivity index (χ3v) is 3.88. The Labute approximate surface area is 112 Å². The second kappa shape index (κ2) is 6.34. The Bertz CT molecular complexity index is 342. The van der Waals surface area contributed by atoms with E-state index in [9.17, 15) is 14.7 Å². The molecule has 6 heteroatoms. The molecule has 110 valence electrons. The van der Waals surface area contributed by atoms with Gasteiger partial charge in [0.15, 0.2) is 0 Å². The van der Waals surface area contributed by atoms with Crippen LogP contribution in [0.5, 0.6) is 0 Å². The molecule has 4 atom stereocenters. The van der Waals surface area contributed by atoms with Crippen LogP contribution in [0.25, 0.3) is 0 Å². The van der Waals surface area contributed by atoms with Crippen LogP contribution < -0.4 is 5.32 Å². The third kappa shape index (κ3) is 4.18. The van der Waals surface area contributed by atoms with E-state index in [1.165, 1.54) is 6.92 Å². The maximum Gasteiger partial charge on any atom is 0.307 e. The van der Waals surface area contributed by atoms with Crippen LogP contribution in [-0.4, -0.2) is 45.9 Å². The van der Waals surface area contributed by atoms with Crippen LogP contribution in [0.2, 0.25) is 0 Å². The zero-order valence-electron chi connectivity index (χ0n) is 11.4. The van der Waals surface area contributed by atoms with Gasteiger partial charge in [0, 0.05) is 6.54 Å². The van der Waals surface area contributed by atoms with Crippen molar-refractivity contribution in [1.82, 2.24) is 5.32 Å². The molecule has 4 N–H and O–H groups in total. The average Bonchev–Trinajstić information content (AvgIpc) is 2.80. The van der Waals surface area contributed by atoms with Crippen molar-refractivity contribution in [2.75, 3.05) is 13.2 Å². The fourth-order valence-corrected chi connectivity index (χ4v) is 2.50. The maximum atomic E-state index is 12.0. The topological polar surface area (TPSA) is 107 Å². The first kappa shape index (κ1) is 15.9. The van der Waals surface area contributed by atoms with Gasteiger partial charge >= 0.3 is 5.97 Å². The minimum Gasteiger partial charge on any atom is -0.481 e. The van der Waals surface area contributed by atoms with Gasteiger partial charge in [-0.25, -0.2) is 0 Å². The highest BCUT2D eigenvalue weighted by Crippen LogP contribution is 2.38. The van der Waals surface area contributed by atoms with E-state index >= 15 is 0 Å². The summed E-state index contributed by atoms with van der Waals surface area (Å²) in [6.45, 7) is 2.85. The second-order valence-corrected chi connectivity index (χ2v) is 5.67. The smallest absolute Gasteiger partial charge is 0.307 e. The molecule has 1 rings (SSSR count). The maximum absolute atomic E-state index is 12.0. The Morgan fingerprint density at radius 1 is 1.32 bits per heavy atom. The van der Waals surface area contributed by atoms with Crippen molar-refractivity contribution >= 4 is 11.9 Å². The molecular weight excluding hydrogens is 250 g/mol. The van der Waals surface area contributed by atoms with Crippen molar-refractivity contribution in [2.24, 2.45) is 17.8 Å². The minimum atomic E-state index is -1.38. The molecule has 1 aliphatic rings. The summed E-state index contributed by atoms with van der Waals surface area (Å²) in [6, 6.07) is 0. The van der Waals surface area contributed by atoms with Crippen LogP contribution in [-0.2, 0) is 9.59 Å². The Morgan fingerprint density at radius 2 is 1.89 bits per heavy atom. The number of carboxylic acid groups (broad SMARTS) is 1. The van der Waals surface area contributed by atoms with Crippen LogP contribution >= 0.6 is 0 Å². The van der Waals surface area contributed by atoms with E-state index in [0.29, 0.717) is 12.8 Å². The molecule has 1 aliphatic carbocycles. The van der Waals surface area contributed by atoms with Gasteiger partial charge in [-0.3, -0.25) is 9.59 Å². The molecule has 0 aromatic heterocycles. The zero-order chi connectivity index (χ0) is 14.6. The number of nitrogens with one attached hydrogen (secondary N) is 1. The van der Waals surface area contributed by atoms with E-state index in [2.05, 4.69) is 5.32 Å². The Morgan fingerprint density at radius 3 is 2.37 bits per heavy atom. The van der Waals surface area contributed by atoms with Gasteiger partial charge in [-0.15, -0.1) is 0 Å². The summed E-state index contributed by atoms with van der Waals surface area (Å²) in [5, 5.41) is 30.2. The van der Waals surface area contributed by atoms with Crippen LogP contribution in [0.3, 0.4) is 0 Å². The summed E-state index contributed by atoms with van der Waals surface area (Å²) >= 11 is 0. The number of amides is 1. The molecule has 0 heterocycles. The molecule has 0 radical (unpaired) electrons. The largest absolute Gasteiger partial charge is 0.481 e. The molecule has 0 aromatic rings. The van der Waals surface area contributed by atoms with E-state index in [-0.39, 0.29) is 18.4 Å². The monoisotopic (exact) mass is 273 g/mol. The van der Waals surface area contributed by atoms with E-state index in [1.54, 1.807) is 0 Å². The number of carbonyl (C=O) groups is 2. The molecular formula is C13H23NO5. The minimum absolute atomic E-state index is 0.0814. The van der Waals surface area contributed by atoms with Gasteiger partial charge in [-0.1, -0.05) is 13.3 Å². The normalized spacial score (nSPS) is 29.8. The van der Waals surface area contributed by atoms with E-state index in [4.69, 9.17) is 10.2 Å². The number of carboxylic acids is 1.